The van der Waals surface area contributed by atoms with Crippen molar-refractivity contribution in [3.8, 4) is 0 Å². The Hall–Kier alpha value is -4.00. The van der Waals surface area contributed by atoms with E-state index < -0.39 is 66.7 Å². The maximum Gasteiger partial charge on any atom is 0.326 e. The summed E-state index contributed by atoms with van der Waals surface area (Å²) in [7, 11) is 0. The molecule has 13 nitrogen and oxygen atoms in total. The van der Waals surface area contributed by atoms with Gasteiger partial charge in [-0.2, -0.15) is 0 Å². The van der Waals surface area contributed by atoms with Crippen molar-refractivity contribution in [2.24, 2.45) is 11.5 Å². The van der Waals surface area contributed by atoms with E-state index in [1.165, 1.54) is 0 Å². The van der Waals surface area contributed by atoms with Gasteiger partial charge >= 0.3 is 11.9 Å². The molecular weight excluding hydrogens is 438 g/mol. The Labute approximate surface area is 188 Å². The van der Waals surface area contributed by atoms with E-state index in [-0.39, 0.29) is 19.3 Å². The summed E-state index contributed by atoms with van der Waals surface area (Å²) in [6, 6.07) is 4.55. The molecule has 0 aliphatic heterocycles. The summed E-state index contributed by atoms with van der Waals surface area (Å²) in [5, 5.41) is 24.8. The van der Waals surface area contributed by atoms with Crippen LogP contribution < -0.4 is 27.4 Å². The van der Waals surface area contributed by atoms with Crippen LogP contribution in [-0.2, 0) is 35.2 Å². The highest BCUT2D eigenvalue weighted by Crippen LogP contribution is 2.05. The SMILES string of the molecule is NC(=O)CCC(NC(=O)CNC(=O)C(N)CC(=O)O)C(=O)NC(Cc1ccccc1)C(=O)O. The van der Waals surface area contributed by atoms with Crippen molar-refractivity contribution in [3.05, 3.63) is 35.9 Å². The Morgan fingerprint density at radius 2 is 1.55 bits per heavy atom. The highest BCUT2D eigenvalue weighted by molar-refractivity contribution is 5.93. The molecular formula is C20H27N5O8. The summed E-state index contributed by atoms with van der Waals surface area (Å²) in [5.74, 6) is -5.93. The van der Waals surface area contributed by atoms with Crippen molar-refractivity contribution in [1.82, 2.24) is 16.0 Å². The van der Waals surface area contributed by atoms with E-state index in [1.807, 2.05) is 0 Å². The van der Waals surface area contributed by atoms with Gasteiger partial charge in [-0.15, -0.1) is 0 Å². The zero-order chi connectivity index (χ0) is 25.0. The van der Waals surface area contributed by atoms with Gasteiger partial charge in [0.2, 0.25) is 23.6 Å². The third kappa shape index (κ3) is 10.7. The number of aliphatic carboxylic acids is 2. The molecule has 0 aliphatic rings. The predicted octanol–water partition coefficient (Wildman–Crippen LogP) is -2.53. The second kappa shape index (κ2) is 13.4. The normalized spacial score (nSPS) is 13.1. The Balaban J connectivity index is 2.77. The van der Waals surface area contributed by atoms with Crippen LogP contribution in [0.2, 0.25) is 0 Å². The molecule has 3 unspecified atom stereocenters. The number of carboxylic acids is 2. The van der Waals surface area contributed by atoms with Crippen molar-refractivity contribution in [2.75, 3.05) is 6.54 Å². The fourth-order valence-electron chi connectivity index (χ4n) is 2.70. The minimum absolute atomic E-state index is 0.0179. The van der Waals surface area contributed by atoms with E-state index in [0.29, 0.717) is 5.56 Å². The molecule has 13 heteroatoms. The fourth-order valence-corrected chi connectivity index (χ4v) is 2.70. The number of primary amides is 1. The molecule has 1 aromatic rings. The smallest absolute Gasteiger partial charge is 0.326 e. The van der Waals surface area contributed by atoms with Crippen LogP contribution in [0.3, 0.4) is 0 Å². The predicted molar refractivity (Wildman–Crippen MR) is 113 cm³/mol. The van der Waals surface area contributed by atoms with Gasteiger partial charge in [-0.3, -0.25) is 24.0 Å². The van der Waals surface area contributed by atoms with E-state index in [9.17, 15) is 33.9 Å². The summed E-state index contributed by atoms with van der Waals surface area (Å²) in [5.41, 5.74) is 11.1. The number of nitrogens with two attached hydrogens (primary N) is 2. The number of nitrogens with one attached hydrogen (secondary N) is 3. The first-order valence-corrected chi connectivity index (χ1v) is 9.89. The monoisotopic (exact) mass is 465 g/mol. The molecule has 1 aromatic carbocycles. The first kappa shape index (κ1) is 27.0. The summed E-state index contributed by atoms with van der Waals surface area (Å²) >= 11 is 0. The van der Waals surface area contributed by atoms with E-state index in [2.05, 4.69) is 16.0 Å². The van der Waals surface area contributed by atoms with Crippen molar-refractivity contribution in [1.29, 1.82) is 0 Å². The average Bonchev–Trinajstić information content (AvgIpc) is 2.74. The molecule has 0 aromatic heterocycles. The zero-order valence-corrected chi connectivity index (χ0v) is 17.7. The van der Waals surface area contributed by atoms with Gasteiger partial charge in [-0.1, -0.05) is 30.3 Å². The number of carbonyl (C=O) groups is 6. The molecule has 33 heavy (non-hydrogen) atoms. The van der Waals surface area contributed by atoms with Gasteiger partial charge in [0.25, 0.3) is 0 Å². The zero-order valence-electron chi connectivity index (χ0n) is 17.7. The molecule has 0 heterocycles. The van der Waals surface area contributed by atoms with E-state index >= 15 is 0 Å². The van der Waals surface area contributed by atoms with Crippen molar-refractivity contribution in [3.63, 3.8) is 0 Å². The third-order valence-corrected chi connectivity index (χ3v) is 4.38. The number of hydrogen-bond donors (Lipinski definition) is 7. The summed E-state index contributed by atoms with van der Waals surface area (Å²) in [4.78, 5) is 69.8. The first-order chi connectivity index (χ1) is 15.5. The lowest BCUT2D eigenvalue weighted by molar-refractivity contribution is -0.142. The molecule has 4 amide bonds. The van der Waals surface area contributed by atoms with E-state index in [1.54, 1.807) is 30.3 Å². The third-order valence-electron chi connectivity index (χ3n) is 4.38. The molecule has 0 spiro atoms. The largest absolute Gasteiger partial charge is 0.481 e. The second-order valence-corrected chi connectivity index (χ2v) is 7.14. The van der Waals surface area contributed by atoms with Crippen LogP contribution in [0.1, 0.15) is 24.8 Å². The van der Waals surface area contributed by atoms with Gasteiger partial charge in [0.15, 0.2) is 0 Å². The van der Waals surface area contributed by atoms with E-state index in [0.717, 1.165) is 0 Å². The molecule has 0 aliphatic carbocycles. The quantitative estimate of drug-likeness (QED) is 0.153. The van der Waals surface area contributed by atoms with Gasteiger partial charge < -0.3 is 37.6 Å². The number of amides is 4. The molecule has 180 valence electrons. The highest BCUT2D eigenvalue weighted by atomic mass is 16.4. The number of hydrogen-bond acceptors (Lipinski definition) is 7. The molecule has 0 radical (unpaired) electrons. The van der Waals surface area contributed by atoms with Crippen molar-refractivity contribution < 1.29 is 39.0 Å². The number of benzene rings is 1. The van der Waals surface area contributed by atoms with Crippen LogP contribution in [0.4, 0.5) is 0 Å². The van der Waals surface area contributed by atoms with E-state index in [4.69, 9.17) is 16.6 Å². The Bertz CT molecular complexity index is 876. The van der Waals surface area contributed by atoms with Crippen molar-refractivity contribution >= 4 is 35.6 Å². The Kier molecular flexibility index (Phi) is 11.0. The van der Waals surface area contributed by atoms with Crippen LogP contribution >= 0.6 is 0 Å². The van der Waals surface area contributed by atoms with Gasteiger partial charge in [0.1, 0.15) is 12.1 Å². The molecule has 3 atom stereocenters. The summed E-state index contributed by atoms with van der Waals surface area (Å²) < 4.78 is 0. The fraction of sp³-hybridized carbons (Fsp3) is 0.400. The van der Waals surface area contributed by atoms with Gasteiger partial charge in [0.05, 0.1) is 19.0 Å². The minimum Gasteiger partial charge on any atom is -0.481 e. The van der Waals surface area contributed by atoms with Crippen LogP contribution in [0.5, 0.6) is 0 Å². The molecule has 0 fully saturated rings. The maximum absolute atomic E-state index is 12.7. The highest BCUT2D eigenvalue weighted by Gasteiger charge is 2.27. The first-order valence-electron chi connectivity index (χ1n) is 9.89. The molecule has 0 bridgehead atoms. The molecule has 9 N–H and O–H groups in total. The molecule has 0 saturated heterocycles. The topological polar surface area (TPSA) is 231 Å². The lowest BCUT2D eigenvalue weighted by atomic mass is 10.0. The molecule has 1 rings (SSSR count). The lowest BCUT2D eigenvalue weighted by Crippen LogP contribution is -2.54. The van der Waals surface area contributed by atoms with Crippen LogP contribution in [0, 0.1) is 0 Å². The Morgan fingerprint density at radius 1 is 0.909 bits per heavy atom. The maximum atomic E-state index is 12.7. The molecule has 0 saturated carbocycles. The minimum atomic E-state index is -1.38. The average molecular weight is 465 g/mol. The summed E-state index contributed by atoms with van der Waals surface area (Å²) in [6.07, 6.45) is -1.15. The Morgan fingerprint density at radius 3 is 2.09 bits per heavy atom. The lowest BCUT2D eigenvalue weighted by Gasteiger charge is -2.21. The number of rotatable bonds is 14. The summed E-state index contributed by atoms with van der Waals surface area (Å²) in [6.45, 7) is -0.626. The van der Waals surface area contributed by atoms with Gasteiger partial charge in [-0.25, -0.2) is 4.79 Å². The second-order valence-electron chi connectivity index (χ2n) is 7.14. The number of carbonyl (C=O) groups excluding carboxylic acids is 4. The van der Waals surface area contributed by atoms with Crippen molar-refractivity contribution in [2.45, 2.75) is 43.8 Å². The number of carboxylic acid groups (broad SMARTS) is 2. The standard InChI is InChI=1S/C20H27N5O8/c21-12(9-17(28)29)18(30)23-10-16(27)24-13(6-7-15(22)26)19(31)25-14(20(32)33)8-11-4-2-1-3-5-11/h1-5,12-14H,6-10,21H2,(H2,22,26)(H,23,30)(H,24,27)(H,25,31)(H,28,29)(H,32,33). The van der Waals surface area contributed by atoms with Gasteiger partial charge in [-0.05, 0) is 12.0 Å². The van der Waals surface area contributed by atoms with Gasteiger partial charge in [0, 0.05) is 12.8 Å². The van der Waals surface area contributed by atoms with Crippen LogP contribution in [-0.4, -0.2) is 70.5 Å². The van der Waals surface area contributed by atoms with Crippen LogP contribution in [0.25, 0.3) is 0 Å². The van der Waals surface area contributed by atoms with Crippen LogP contribution in [0.15, 0.2) is 30.3 Å².